The molecule has 0 aliphatic rings. The van der Waals surface area contributed by atoms with Gasteiger partial charge in [0.05, 0.1) is 7.05 Å². The van der Waals surface area contributed by atoms with Gasteiger partial charge in [0, 0.05) is 11.1 Å². The molecule has 1 nitrogen and oxygen atoms in total. The molecule has 112 valence electrons. The molecule has 0 spiro atoms. The fourth-order valence-electron chi connectivity index (χ4n) is 2.27. The van der Waals surface area contributed by atoms with Crippen molar-refractivity contribution >= 4 is 0 Å². The summed E-state index contributed by atoms with van der Waals surface area (Å²) in [5.41, 5.74) is 2.33. The molecule has 2 aromatic rings. The van der Waals surface area contributed by atoms with Gasteiger partial charge in [-0.2, -0.15) is 0 Å². The van der Waals surface area contributed by atoms with Crippen molar-refractivity contribution in [1.82, 2.24) is 0 Å². The molecule has 2 aromatic carbocycles. The van der Waals surface area contributed by atoms with Gasteiger partial charge in [0.25, 0.3) is 0 Å². The third-order valence-electron chi connectivity index (χ3n) is 3.35. The highest BCUT2D eigenvalue weighted by atomic mass is 79.9. The van der Waals surface area contributed by atoms with Crippen molar-refractivity contribution in [2.75, 3.05) is 20.1 Å². The molecule has 0 radical (unpaired) electrons. The van der Waals surface area contributed by atoms with Crippen molar-refractivity contribution < 1.29 is 21.5 Å². The molecule has 0 amide bonds. The van der Waals surface area contributed by atoms with Crippen LogP contribution in [0.25, 0.3) is 0 Å². The van der Waals surface area contributed by atoms with Crippen LogP contribution < -0.4 is 17.0 Å². The first-order valence-electron chi connectivity index (χ1n) is 7.07. The molecular formula is C20H20BrN. The lowest BCUT2D eigenvalue weighted by molar-refractivity contribution is -0.909. The van der Waals surface area contributed by atoms with Crippen LogP contribution in [0.3, 0.4) is 0 Å². The first kappa shape index (κ1) is 18.1. The van der Waals surface area contributed by atoms with Crippen LogP contribution >= 0.6 is 0 Å². The molecule has 1 atom stereocenters. The van der Waals surface area contributed by atoms with Crippen LogP contribution in [0.4, 0.5) is 0 Å². The Labute approximate surface area is 144 Å². The van der Waals surface area contributed by atoms with E-state index in [9.17, 15) is 0 Å². The monoisotopic (exact) mass is 353 g/mol. The second kappa shape index (κ2) is 9.11. The minimum Gasteiger partial charge on any atom is -1.00 e. The quantitative estimate of drug-likeness (QED) is 0.548. The van der Waals surface area contributed by atoms with Gasteiger partial charge in [-0.15, -0.1) is 6.42 Å². The van der Waals surface area contributed by atoms with Crippen LogP contribution in [0, 0.1) is 24.2 Å². The maximum Gasteiger partial charge on any atom is 0.142 e. The Morgan fingerprint density at radius 3 is 2.09 bits per heavy atom. The van der Waals surface area contributed by atoms with Crippen LogP contribution in [0.15, 0.2) is 60.7 Å². The predicted octanol–water partition coefficient (Wildman–Crippen LogP) is 0.322. The summed E-state index contributed by atoms with van der Waals surface area (Å²) >= 11 is 0. The zero-order valence-corrected chi connectivity index (χ0v) is 14.4. The second-order valence-corrected chi connectivity index (χ2v) is 5.45. The van der Waals surface area contributed by atoms with E-state index >= 15 is 0 Å². The van der Waals surface area contributed by atoms with E-state index < -0.39 is 0 Å². The van der Waals surface area contributed by atoms with Crippen LogP contribution in [0.5, 0.6) is 0 Å². The van der Waals surface area contributed by atoms with Gasteiger partial charge in [0.1, 0.15) is 19.6 Å². The summed E-state index contributed by atoms with van der Waals surface area (Å²) < 4.78 is 0.736. The summed E-state index contributed by atoms with van der Waals surface area (Å²) in [5.74, 6) is 9.27. The first-order chi connectivity index (χ1) is 10.2. The molecule has 0 heterocycles. The Bertz CT molecular complexity index is 662. The molecule has 0 fully saturated rings. The number of rotatable bonds is 4. The molecular weight excluding hydrogens is 334 g/mol. The number of hydrogen-bond acceptors (Lipinski definition) is 0. The molecule has 0 aliphatic carbocycles. The summed E-state index contributed by atoms with van der Waals surface area (Å²) in [7, 11) is 2.16. The van der Waals surface area contributed by atoms with Crippen LogP contribution in [0.1, 0.15) is 11.1 Å². The van der Waals surface area contributed by atoms with E-state index in [2.05, 4.69) is 49.1 Å². The minimum absolute atomic E-state index is 0. The fraction of sp³-hybridized carbons (Fsp3) is 0.200. The van der Waals surface area contributed by atoms with Gasteiger partial charge in [0.15, 0.2) is 0 Å². The fourth-order valence-corrected chi connectivity index (χ4v) is 2.27. The number of hydrogen-bond donors (Lipinski definition) is 0. The molecule has 0 aliphatic heterocycles. The summed E-state index contributed by atoms with van der Waals surface area (Å²) in [5, 5.41) is 0. The Morgan fingerprint density at radius 1 is 0.909 bits per heavy atom. The average Bonchev–Trinajstić information content (AvgIpc) is 2.49. The molecule has 0 saturated heterocycles. The third kappa shape index (κ3) is 5.78. The highest BCUT2D eigenvalue weighted by Gasteiger charge is 2.19. The van der Waals surface area contributed by atoms with Crippen molar-refractivity contribution in [3.8, 4) is 24.2 Å². The summed E-state index contributed by atoms with van der Waals surface area (Å²) in [6, 6.07) is 20.5. The molecule has 0 bridgehead atoms. The predicted molar refractivity (Wildman–Crippen MR) is 88.2 cm³/mol. The van der Waals surface area contributed by atoms with E-state index in [1.165, 1.54) is 5.56 Å². The van der Waals surface area contributed by atoms with Gasteiger partial charge < -0.3 is 21.5 Å². The average molecular weight is 354 g/mol. The Balaban J connectivity index is 0.00000242. The van der Waals surface area contributed by atoms with E-state index in [1.807, 2.05) is 36.4 Å². The molecule has 0 N–H and O–H groups in total. The van der Waals surface area contributed by atoms with Gasteiger partial charge in [-0.25, -0.2) is 0 Å². The van der Waals surface area contributed by atoms with E-state index in [-0.39, 0.29) is 17.0 Å². The molecule has 2 heteroatoms. The number of benzene rings is 2. The van der Waals surface area contributed by atoms with Crippen molar-refractivity contribution in [1.29, 1.82) is 0 Å². The van der Waals surface area contributed by atoms with Gasteiger partial charge in [-0.05, 0) is 24.0 Å². The van der Waals surface area contributed by atoms with Crippen LogP contribution in [0.2, 0.25) is 0 Å². The highest BCUT2D eigenvalue weighted by molar-refractivity contribution is 5.33. The van der Waals surface area contributed by atoms with E-state index in [0.717, 1.165) is 23.1 Å². The summed E-state index contributed by atoms with van der Waals surface area (Å²) in [6.45, 7) is 2.32. The smallest absolute Gasteiger partial charge is 0.142 e. The summed E-state index contributed by atoms with van der Waals surface area (Å²) in [6.07, 6.45) is 5.54. The molecule has 1 unspecified atom stereocenters. The maximum absolute atomic E-state index is 5.54. The SMILES string of the molecule is C#CC[N+](C)(CC#Cc1ccccc1)Cc1ccccc1.[Br-]. The van der Waals surface area contributed by atoms with Gasteiger partial charge in [0.2, 0.25) is 0 Å². The number of terminal acetylenes is 1. The second-order valence-electron chi connectivity index (χ2n) is 5.45. The Kier molecular flexibility index (Phi) is 7.47. The normalized spacial score (nSPS) is 12.0. The topological polar surface area (TPSA) is 0 Å². The molecule has 22 heavy (non-hydrogen) atoms. The van der Waals surface area contributed by atoms with E-state index in [1.54, 1.807) is 0 Å². The van der Waals surface area contributed by atoms with Gasteiger partial charge >= 0.3 is 0 Å². The van der Waals surface area contributed by atoms with Crippen molar-refractivity contribution in [3.05, 3.63) is 71.8 Å². The molecule has 2 rings (SSSR count). The largest absolute Gasteiger partial charge is 1.00 e. The standard InChI is InChI=1S/C20H20N.BrH/c1-3-16-21(2,18-20-13-8-5-9-14-20)17-10-15-19-11-6-4-7-12-19;/h1,4-9,11-14H,16-18H2,2H3;1H/q+1;/p-1. The Hall–Kier alpha value is -2.00. The zero-order chi connectivity index (χ0) is 15.0. The zero-order valence-electron chi connectivity index (χ0n) is 12.8. The van der Waals surface area contributed by atoms with Crippen molar-refractivity contribution in [3.63, 3.8) is 0 Å². The number of halogens is 1. The minimum atomic E-state index is 0. The molecule has 0 aromatic heterocycles. The number of quaternary nitrogens is 1. The lowest BCUT2D eigenvalue weighted by atomic mass is 10.2. The third-order valence-corrected chi connectivity index (χ3v) is 3.35. The van der Waals surface area contributed by atoms with Crippen molar-refractivity contribution in [2.24, 2.45) is 0 Å². The summed E-state index contributed by atoms with van der Waals surface area (Å²) in [4.78, 5) is 0. The van der Waals surface area contributed by atoms with Crippen LogP contribution in [-0.2, 0) is 6.54 Å². The first-order valence-corrected chi connectivity index (χ1v) is 7.07. The number of nitrogens with zero attached hydrogens (tertiary/aromatic N) is 1. The van der Waals surface area contributed by atoms with Gasteiger partial charge in [-0.1, -0.05) is 54.5 Å². The highest BCUT2D eigenvalue weighted by Crippen LogP contribution is 2.11. The maximum atomic E-state index is 5.54. The van der Waals surface area contributed by atoms with Gasteiger partial charge in [-0.3, -0.25) is 0 Å². The Morgan fingerprint density at radius 2 is 1.50 bits per heavy atom. The lowest BCUT2D eigenvalue weighted by Crippen LogP contribution is -3.00. The van der Waals surface area contributed by atoms with Crippen LogP contribution in [-0.4, -0.2) is 24.6 Å². The van der Waals surface area contributed by atoms with E-state index in [0.29, 0.717) is 6.54 Å². The van der Waals surface area contributed by atoms with E-state index in [4.69, 9.17) is 6.42 Å². The lowest BCUT2D eigenvalue weighted by Gasteiger charge is -2.30. The van der Waals surface area contributed by atoms with Crippen molar-refractivity contribution in [2.45, 2.75) is 6.54 Å². The molecule has 0 saturated carbocycles.